The van der Waals surface area contributed by atoms with E-state index in [0.717, 1.165) is 10.5 Å². The first-order valence-corrected chi connectivity index (χ1v) is 10.2. The van der Waals surface area contributed by atoms with Crippen LogP contribution in [0.25, 0.3) is 21.9 Å². The zero-order valence-corrected chi connectivity index (χ0v) is 16.8. The number of hydrogen-bond acceptors (Lipinski definition) is 6. The van der Waals surface area contributed by atoms with Crippen LogP contribution in [0.5, 0.6) is 5.75 Å². The van der Waals surface area contributed by atoms with E-state index in [1.807, 2.05) is 0 Å². The van der Waals surface area contributed by atoms with E-state index in [9.17, 15) is 13.2 Å². The van der Waals surface area contributed by atoms with Crippen LogP contribution in [0, 0.1) is 0 Å². The second kappa shape index (κ2) is 6.92. The number of methoxy groups -OCH3 is 1. The van der Waals surface area contributed by atoms with E-state index in [1.165, 1.54) is 31.7 Å². The molecular formula is C19H12BrNO6S. The van der Waals surface area contributed by atoms with Crippen molar-refractivity contribution in [3.63, 3.8) is 0 Å². The lowest BCUT2D eigenvalue weighted by Gasteiger charge is -2.09. The third-order valence-electron chi connectivity index (χ3n) is 4.07. The number of furan rings is 1. The molecule has 0 unspecified atom stereocenters. The summed E-state index contributed by atoms with van der Waals surface area (Å²) < 4.78 is 46.7. The van der Waals surface area contributed by atoms with Gasteiger partial charge in [0.2, 0.25) is 5.75 Å². The number of halogens is 1. The van der Waals surface area contributed by atoms with Crippen molar-refractivity contribution in [2.45, 2.75) is 4.90 Å². The van der Waals surface area contributed by atoms with Crippen molar-refractivity contribution in [3.05, 3.63) is 69.2 Å². The number of fused-ring (bicyclic) bond motifs is 2. The molecule has 28 heavy (non-hydrogen) atoms. The lowest BCUT2D eigenvalue weighted by molar-refractivity contribution is 0.402. The van der Waals surface area contributed by atoms with E-state index < -0.39 is 15.6 Å². The van der Waals surface area contributed by atoms with Crippen LogP contribution in [-0.2, 0) is 10.0 Å². The summed E-state index contributed by atoms with van der Waals surface area (Å²) in [6.45, 7) is 0. The number of rotatable bonds is 4. The summed E-state index contributed by atoms with van der Waals surface area (Å²) in [4.78, 5) is 11.6. The third kappa shape index (κ3) is 3.12. The Balaban J connectivity index is 2.00. The quantitative estimate of drug-likeness (QED) is 0.334. The van der Waals surface area contributed by atoms with Crippen molar-refractivity contribution < 1.29 is 22.0 Å². The van der Waals surface area contributed by atoms with Gasteiger partial charge in [-0.1, -0.05) is 28.1 Å². The van der Waals surface area contributed by atoms with E-state index >= 15 is 0 Å². The Bertz CT molecular complexity index is 1380. The highest BCUT2D eigenvalue weighted by atomic mass is 79.9. The Labute approximate surface area is 167 Å². The van der Waals surface area contributed by atoms with Gasteiger partial charge in [-0.15, -0.1) is 0 Å². The van der Waals surface area contributed by atoms with Gasteiger partial charge < -0.3 is 13.6 Å². The maximum absolute atomic E-state index is 13.1. The average Bonchev–Trinajstić information content (AvgIpc) is 3.14. The molecule has 0 bridgehead atoms. The number of ether oxygens (including phenoxy) is 1. The van der Waals surface area contributed by atoms with Gasteiger partial charge in [-0.05, 0) is 29.8 Å². The van der Waals surface area contributed by atoms with Crippen LogP contribution in [0.15, 0.2) is 76.1 Å². The molecule has 0 aliphatic heterocycles. The minimum atomic E-state index is -4.15. The van der Waals surface area contributed by atoms with Crippen molar-refractivity contribution in [2.75, 3.05) is 7.11 Å². The smallest absolute Gasteiger partial charge is 0.336 e. The first kappa shape index (κ1) is 18.5. The molecule has 0 N–H and O–H groups in total. The molecule has 4 aromatic rings. The molecule has 0 saturated heterocycles. The second-order valence-electron chi connectivity index (χ2n) is 5.78. The van der Waals surface area contributed by atoms with Crippen LogP contribution in [0.1, 0.15) is 5.56 Å². The van der Waals surface area contributed by atoms with E-state index in [2.05, 4.69) is 20.3 Å². The molecule has 0 radical (unpaired) electrons. The van der Waals surface area contributed by atoms with Crippen molar-refractivity contribution in [1.29, 1.82) is 0 Å². The zero-order valence-electron chi connectivity index (χ0n) is 14.4. The summed E-state index contributed by atoms with van der Waals surface area (Å²) >= 11 is 3.32. The Kier molecular flexibility index (Phi) is 4.56. The molecule has 0 aliphatic rings. The minimum Gasteiger partial charge on any atom is -0.490 e. The van der Waals surface area contributed by atoms with Crippen LogP contribution in [0.3, 0.4) is 0 Å². The van der Waals surface area contributed by atoms with Gasteiger partial charge in [-0.25, -0.2) is 4.79 Å². The Hall–Kier alpha value is -2.91. The molecule has 0 saturated carbocycles. The van der Waals surface area contributed by atoms with Crippen LogP contribution < -0.4 is 10.4 Å². The van der Waals surface area contributed by atoms with Gasteiger partial charge in [0.1, 0.15) is 4.90 Å². The summed E-state index contributed by atoms with van der Waals surface area (Å²) in [5.74, 6) is 0.142. The van der Waals surface area contributed by atoms with Crippen molar-refractivity contribution in [2.24, 2.45) is 4.40 Å². The lowest BCUT2D eigenvalue weighted by atomic mass is 10.1. The Morgan fingerprint density at radius 3 is 2.46 bits per heavy atom. The number of hydrogen-bond donors (Lipinski definition) is 0. The number of benzene rings is 2. The molecule has 142 valence electrons. The summed E-state index contributed by atoms with van der Waals surface area (Å²) in [7, 11) is -2.77. The first-order valence-electron chi connectivity index (χ1n) is 7.97. The van der Waals surface area contributed by atoms with Crippen molar-refractivity contribution in [1.82, 2.24) is 0 Å². The second-order valence-corrected chi connectivity index (χ2v) is 8.27. The van der Waals surface area contributed by atoms with Gasteiger partial charge in [0, 0.05) is 27.5 Å². The summed E-state index contributed by atoms with van der Waals surface area (Å²) in [6, 6.07) is 11.0. The highest BCUT2D eigenvalue weighted by Gasteiger charge is 2.27. The van der Waals surface area contributed by atoms with E-state index in [4.69, 9.17) is 13.6 Å². The maximum Gasteiger partial charge on any atom is 0.336 e. The SMILES string of the molecule is COc1c2occc2c(S(=O)(=O)/N=C/c2ccc(Br)cc2)c2ccc(=O)oc12. The average molecular weight is 462 g/mol. The van der Waals surface area contributed by atoms with E-state index in [0.29, 0.717) is 5.56 Å². The largest absolute Gasteiger partial charge is 0.490 e. The molecule has 0 atom stereocenters. The molecule has 0 amide bonds. The fourth-order valence-electron chi connectivity index (χ4n) is 2.87. The predicted octanol–water partition coefficient (Wildman–Crippen LogP) is 4.12. The topological polar surface area (TPSA) is 99.1 Å². The van der Waals surface area contributed by atoms with Gasteiger partial charge in [0.05, 0.1) is 13.4 Å². The van der Waals surface area contributed by atoms with Crippen LogP contribution >= 0.6 is 15.9 Å². The summed E-state index contributed by atoms with van der Waals surface area (Å²) in [5, 5.41) is 0.462. The van der Waals surface area contributed by atoms with Gasteiger partial charge in [0.15, 0.2) is 11.2 Å². The Morgan fingerprint density at radius 2 is 1.75 bits per heavy atom. The van der Waals surface area contributed by atoms with Gasteiger partial charge >= 0.3 is 5.63 Å². The summed E-state index contributed by atoms with van der Waals surface area (Å²) in [5.41, 5.74) is 0.106. The fraction of sp³-hybridized carbons (Fsp3) is 0.0526. The van der Waals surface area contributed by atoms with Gasteiger partial charge in [0.25, 0.3) is 10.0 Å². The van der Waals surface area contributed by atoms with Gasteiger partial charge in [-0.3, -0.25) is 0 Å². The normalized spacial score (nSPS) is 12.2. The molecule has 0 aliphatic carbocycles. The molecule has 7 nitrogen and oxygen atoms in total. The van der Waals surface area contributed by atoms with Crippen LogP contribution in [0.4, 0.5) is 0 Å². The van der Waals surface area contributed by atoms with Gasteiger partial charge in [-0.2, -0.15) is 12.8 Å². The monoisotopic (exact) mass is 461 g/mol. The molecule has 2 heterocycles. The zero-order chi connectivity index (χ0) is 19.9. The van der Waals surface area contributed by atoms with E-state index in [1.54, 1.807) is 24.3 Å². The van der Waals surface area contributed by atoms with E-state index in [-0.39, 0.29) is 32.6 Å². The molecule has 0 fully saturated rings. The number of sulfonamides is 1. The van der Waals surface area contributed by atoms with Crippen molar-refractivity contribution in [3.8, 4) is 5.75 Å². The number of nitrogens with zero attached hydrogens (tertiary/aromatic N) is 1. The first-order chi connectivity index (χ1) is 13.4. The van der Waals surface area contributed by atoms with Crippen molar-refractivity contribution >= 4 is 54.1 Å². The minimum absolute atomic E-state index is 0.0186. The van der Waals surface area contributed by atoms with Crippen LogP contribution in [0.2, 0.25) is 0 Å². The molecular weight excluding hydrogens is 450 g/mol. The lowest BCUT2D eigenvalue weighted by Crippen LogP contribution is -2.04. The highest BCUT2D eigenvalue weighted by Crippen LogP contribution is 2.40. The predicted molar refractivity (Wildman–Crippen MR) is 108 cm³/mol. The molecule has 9 heteroatoms. The molecule has 2 aromatic heterocycles. The maximum atomic E-state index is 13.1. The Morgan fingerprint density at radius 1 is 1.04 bits per heavy atom. The fourth-order valence-corrected chi connectivity index (χ4v) is 4.38. The molecule has 2 aromatic carbocycles. The highest BCUT2D eigenvalue weighted by molar-refractivity contribution is 9.10. The standard InChI is InChI=1S/C19H12BrNO6S/c1-25-18-16-14(8-9-26-16)19(13-6-7-15(22)27-17(13)18)28(23,24)21-10-11-2-4-12(20)5-3-11/h2-10H,1H3/b21-10+. The molecule has 4 rings (SSSR count). The molecule has 0 spiro atoms. The third-order valence-corrected chi connectivity index (χ3v) is 5.94. The van der Waals surface area contributed by atoms with Crippen LogP contribution in [-0.4, -0.2) is 21.7 Å². The summed E-state index contributed by atoms with van der Waals surface area (Å²) in [6.07, 6.45) is 2.59.